The summed E-state index contributed by atoms with van der Waals surface area (Å²) in [7, 11) is -4.10. The molecule has 1 fully saturated rings. The zero-order valence-electron chi connectivity index (χ0n) is 24.9. The van der Waals surface area contributed by atoms with E-state index in [0.717, 1.165) is 5.56 Å². The number of amides is 2. The molecule has 1 aliphatic rings. The van der Waals surface area contributed by atoms with E-state index < -0.39 is 57.7 Å². The third kappa shape index (κ3) is 10.6. The van der Waals surface area contributed by atoms with E-state index in [1.54, 1.807) is 32.9 Å². The van der Waals surface area contributed by atoms with Gasteiger partial charge in [-0.05, 0) is 75.6 Å². The molecule has 248 valence electrons. The standard InChI is InChI=1S/C28H31ClF3N7O6S/c1-26(2,3)45-25(41)33-14-15-46(42,43)39-21(40)17-4-10-20(11-5-17)34-22-35-23(37-24(36-22)44-16-28(30,31)32)38-27(12-13-27)18-6-8-19(29)9-7-18/h4-11H,12-16H2,1-3H3,(H,33,41)(H,39,40)(H2,34,35,36,37,38). The summed E-state index contributed by atoms with van der Waals surface area (Å²) in [6.07, 6.45) is -4.01. The molecule has 2 aromatic carbocycles. The number of carbonyl (C=O) groups is 2. The molecule has 4 N–H and O–H groups in total. The predicted molar refractivity (Wildman–Crippen MR) is 163 cm³/mol. The number of alkyl halides is 3. The van der Waals surface area contributed by atoms with Crippen molar-refractivity contribution in [2.75, 3.05) is 29.5 Å². The summed E-state index contributed by atoms with van der Waals surface area (Å²) in [6.45, 7) is 3.04. The average Bonchev–Trinajstić information content (AvgIpc) is 3.71. The molecular formula is C28H31ClF3N7O6S. The SMILES string of the molecule is CC(C)(C)OC(=O)NCCS(=O)(=O)NC(=O)c1ccc(Nc2nc(NC3(c4ccc(Cl)cc4)CC3)nc(OCC(F)(F)F)n2)cc1. The van der Waals surface area contributed by atoms with Gasteiger partial charge in [-0.1, -0.05) is 23.7 Å². The maximum Gasteiger partial charge on any atom is 0.422 e. The second-order valence-electron chi connectivity index (χ2n) is 11.3. The number of anilines is 3. The zero-order chi connectivity index (χ0) is 33.8. The number of nitrogens with one attached hydrogen (secondary N) is 4. The monoisotopic (exact) mass is 685 g/mol. The van der Waals surface area contributed by atoms with Crippen molar-refractivity contribution >= 4 is 51.2 Å². The summed E-state index contributed by atoms with van der Waals surface area (Å²) in [6, 6.07) is 12.0. The number of benzene rings is 2. The van der Waals surface area contributed by atoms with Crippen molar-refractivity contribution in [1.29, 1.82) is 0 Å². The van der Waals surface area contributed by atoms with Gasteiger partial charge >= 0.3 is 18.3 Å². The number of ether oxygens (including phenoxy) is 2. The Bertz CT molecular complexity index is 1660. The minimum atomic E-state index is -4.63. The Balaban J connectivity index is 1.42. The quantitative estimate of drug-likeness (QED) is 0.204. The predicted octanol–water partition coefficient (Wildman–Crippen LogP) is 4.90. The normalized spacial score (nSPS) is 14.2. The van der Waals surface area contributed by atoms with Crippen molar-refractivity contribution in [3.63, 3.8) is 0 Å². The van der Waals surface area contributed by atoms with Crippen molar-refractivity contribution in [3.05, 3.63) is 64.7 Å². The number of aromatic nitrogens is 3. The number of halogens is 4. The number of nitrogens with zero attached hydrogens (tertiary/aromatic N) is 3. The Morgan fingerprint density at radius 2 is 1.59 bits per heavy atom. The third-order valence-corrected chi connectivity index (χ3v) is 7.66. The van der Waals surface area contributed by atoms with Gasteiger partial charge in [0.2, 0.25) is 21.9 Å². The highest BCUT2D eigenvalue weighted by molar-refractivity contribution is 7.90. The Kier molecular flexibility index (Phi) is 10.2. The lowest BCUT2D eigenvalue weighted by Gasteiger charge is -2.19. The zero-order valence-corrected chi connectivity index (χ0v) is 26.4. The molecule has 46 heavy (non-hydrogen) atoms. The van der Waals surface area contributed by atoms with Crippen molar-refractivity contribution in [2.24, 2.45) is 0 Å². The van der Waals surface area contributed by atoms with E-state index in [1.807, 2.05) is 16.9 Å². The van der Waals surface area contributed by atoms with E-state index in [-0.39, 0.29) is 24.0 Å². The van der Waals surface area contributed by atoms with E-state index >= 15 is 0 Å². The molecule has 18 heteroatoms. The Morgan fingerprint density at radius 3 is 2.17 bits per heavy atom. The molecule has 0 unspecified atom stereocenters. The molecule has 3 aromatic rings. The lowest BCUT2D eigenvalue weighted by Crippen LogP contribution is -2.39. The second kappa shape index (κ2) is 13.5. The first kappa shape index (κ1) is 34.5. The van der Waals surface area contributed by atoms with Gasteiger partial charge in [-0.15, -0.1) is 0 Å². The van der Waals surface area contributed by atoms with Crippen molar-refractivity contribution in [1.82, 2.24) is 25.0 Å². The molecular weight excluding hydrogens is 655 g/mol. The summed E-state index contributed by atoms with van der Waals surface area (Å²) in [5.74, 6) is -1.69. The number of rotatable bonds is 12. The van der Waals surface area contributed by atoms with Gasteiger partial charge in [0.15, 0.2) is 6.61 Å². The first-order valence-corrected chi connectivity index (χ1v) is 15.8. The highest BCUT2D eigenvalue weighted by Crippen LogP contribution is 2.48. The minimum absolute atomic E-state index is 0.0138. The van der Waals surface area contributed by atoms with Crippen LogP contribution in [0.25, 0.3) is 0 Å². The van der Waals surface area contributed by atoms with Gasteiger partial charge in [0.05, 0.1) is 11.3 Å². The first-order valence-electron chi connectivity index (χ1n) is 13.8. The molecule has 1 heterocycles. The summed E-state index contributed by atoms with van der Waals surface area (Å²) in [4.78, 5) is 36.5. The molecule has 0 spiro atoms. The lowest BCUT2D eigenvalue weighted by atomic mass is 10.1. The van der Waals surface area contributed by atoms with Gasteiger partial charge < -0.3 is 25.4 Å². The maximum atomic E-state index is 12.8. The molecule has 1 aromatic heterocycles. The topological polar surface area (TPSA) is 174 Å². The van der Waals surface area contributed by atoms with Crippen LogP contribution in [-0.4, -0.2) is 66.1 Å². The molecule has 0 bridgehead atoms. The van der Waals surface area contributed by atoms with Gasteiger partial charge in [0, 0.05) is 22.8 Å². The number of hydrogen-bond donors (Lipinski definition) is 4. The van der Waals surface area contributed by atoms with Crippen LogP contribution in [0.2, 0.25) is 5.02 Å². The highest BCUT2D eigenvalue weighted by Gasteiger charge is 2.45. The molecule has 0 atom stereocenters. The molecule has 1 aliphatic carbocycles. The number of hydrogen-bond acceptors (Lipinski definition) is 11. The van der Waals surface area contributed by atoms with Gasteiger partial charge in [0.25, 0.3) is 5.91 Å². The minimum Gasteiger partial charge on any atom is -0.454 e. The Labute approximate surface area is 267 Å². The average molecular weight is 686 g/mol. The molecule has 0 saturated heterocycles. The fourth-order valence-corrected chi connectivity index (χ4v) is 4.96. The van der Waals surface area contributed by atoms with Crippen LogP contribution in [0.15, 0.2) is 48.5 Å². The number of sulfonamides is 1. The van der Waals surface area contributed by atoms with Crippen molar-refractivity contribution in [2.45, 2.75) is 50.9 Å². The van der Waals surface area contributed by atoms with Crippen LogP contribution >= 0.6 is 11.6 Å². The smallest absolute Gasteiger partial charge is 0.422 e. The maximum absolute atomic E-state index is 12.8. The van der Waals surface area contributed by atoms with E-state index in [9.17, 15) is 31.2 Å². The first-order chi connectivity index (χ1) is 21.4. The van der Waals surface area contributed by atoms with Crippen molar-refractivity contribution < 1.29 is 40.7 Å². The van der Waals surface area contributed by atoms with Crippen LogP contribution in [0.4, 0.5) is 35.5 Å². The molecule has 4 rings (SSSR count). The molecule has 2 amide bonds. The van der Waals surface area contributed by atoms with E-state index in [1.165, 1.54) is 24.3 Å². The van der Waals surface area contributed by atoms with E-state index in [2.05, 4.69) is 30.9 Å². The van der Waals surface area contributed by atoms with Crippen LogP contribution < -0.4 is 25.4 Å². The van der Waals surface area contributed by atoms with Crippen LogP contribution in [-0.2, 0) is 20.3 Å². The largest absolute Gasteiger partial charge is 0.454 e. The fraction of sp³-hybridized carbons (Fsp3) is 0.393. The number of alkyl carbamates (subject to hydrolysis) is 1. The second-order valence-corrected chi connectivity index (χ2v) is 13.5. The van der Waals surface area contributed by atoms with Crippen LogP contribution in [0, 0.1) is 0 Å². The van der Waals surface area contributed by atoms with Gasteiger partial charge in [0.1, 0.15) is 5.60 Å². The highest BCUT2D eigenvalue weighted by atomic mass is 35.5. The summed E-state index contributed by atoms with van der Waals surface area (Å²) in [5, 5.41) is 8.83. The molecule has 13 nitrogen and oxygen atoms in total. The number of carbonyl (C=O) groups excluding carboxylic acids is 2. The fourth-order valence-electron chi connectivity index (χ4n) is 3.96. The Morgan fingerprint density at radius 1 is 0.957 bits per heavy atom. The molecule has 1 saturated carbocycles. The van der Waals surface area contributed by atoms with Gasteiger partial charge in [-0.2, -0.15) is 28.1 Å². The van der Waals surface area contributed by atoms with Crippen molar-refractivity contribution in [3.8, 4) is 6.01 Å². The Hall–Kier alpha value is -4.38. The van der Waals surface area contributed by atoms with Crippen LogP contribution in [0.1, 0.15) is 49.5 Å². The van der Waals surface area contributed by atoms with E-state index in [0.29, 0.717) is 23.6 Å². The van der Waals surface area contributed by atoms with E-state index in [4.69, 9.17) is 21.1 Å². The summed E-state index contributed by atoms with van der Waals surface area (Å²) < 4.78 is 74.9. The summed E-state index contributed by atoms with van der Waals surface area (Å²) >= 11 is 6.00. The van der Waals surface area contributed by atoms with Crippen LogP contribution in [0.5, 0.6) is 6.01 Å². The van der Waals surface area contributed by atoms with Crippen LogP contribution in [0.3, 0.4) is 0 Å². The molecule has 0 aliphatic heterocycles. The van der Waals surface area contributed by atoms with Gasteiger partial charge in [-0.3, -0.25) is 4.79 Å². The van der Waals surface area contributed by atoms with Gasteiger partial charge in [-0.25, -0.2) is 17.9 Å². The lowest BCUT2D eigenvalue weighted by molar-refractivity contribution is -0.154. The third-order valence-electron chi connectivity index (χ3n) is 6.17. The molecule has 0 radical (unpaired) electrons. The summed E-state index contributed by atoms with van der Waals surface area (Å²) in [5.41, 5.74) is -0.119.